The van der Waals surface area contributed by atoms with E-state index in [1.54, 1.807) is 12.7 Å². The Morgan fingerprint density at radius 3 is 2.54 bits per heavy atom. The van der Waals surface area contributed by atoms with Crippen LogP contribution in [-0.4, -0.2) is 45.5 Å². The van der Waals surface area contributed by atoms with Gasteiger partial charge in [0.05, 0.1) is 19.3 Å². The SMILES string of the molecule is c1ccc(CC(c2ccccc2)N2CCOC(Cn3cncn3)C2)cc1. The number of hydrogen-bond donors (Lipinski definition) is 0. The van der Waals surface area contributed by atoms with E-state index >= 15 is 0 Å². The van der Waals surface area contributed by atoms with Gasteiger partial charge in [-0.3, -0.25) is 9.58 Å². The summed E-state index contributed by atoms with van der Waals surface area (Å²) in [5.41, 5.74) is 2.72. The Hall–Kier alpha value is -2.50. The summed E-state index contributed by atoms with van der Waals surface area (Å²) in [5, 5.41) is 4.21. The molecule has 0 radical (unpaired) electrons. The summed E-state index contributed by atoms with van der Waals surface area (Å²) in [6, 6.07) is 21.9. The number of morpholine rings is 1. The number of aromatic nitrogens is 3. The van der Waals surface area contributed by atoms with E-state index in [9.17, 15) is 0 Å². The zero-order valence-electron chi connectivity index (χ0n) is 14.8. The molecule has 2 atom stereocenters. The van der Waals surface area contributed by atoms with Crippen molar-refractivity contribution in [2.75, 3.05) is 19.7 Å². The quantitative estimate of drug-likeness (QED) is 0.687. The molecule has 0 amide bonds. The monoisotopic (exact) mass is 348 g/mol. The van der Waals surface area contributed by atoms with Crippen molar-refractivity contribution in [3.8, 4) is 0 Å². The molecule has 0 bridgehead atoms. The Bertz CT molecular complexity index is 776. The number of nitrogens with zero attached hydrogens (tertiary/aromatic N) is 4. The minimum Gasteiger partial charge on any atom is -0.374 e. The van der Waals surface area contributed by atoms with E-state index < -0.39 is 0 Å². The third-order valence-corrected chi connectivity index (χ3v) is 4.92. The van der Waals surface area contributed by atoms with Crippen LogP contribution in [0.3, 0.4) is 0 Å². The topological polar surface area (TPSA) is 43.2 Å². The van der Waals surface area contributed by atoms with Gasteiger partial charge < -0.3 is 4.74 Å². The second-order valence-corrected chi connectivity index (χ2v) is 6.72. The molecular formula is C21H24N4O. The Morgan fingerprint density at radius 1 is 1.04 bits per heavy atom. The molecule has 134 valence electrons. The van der Waals surface area contributed by atoms with Gasteiger partial charge in [-0.2, -0.15) is 5.10 Å². The van der Waals surface area contributed by atoms with Crippen molar-refractivity contribution >= 4 is 0 Å². The van der Waals surface area contributed by atoms with E-state index in [1.165, 1.54) is 11.1 Å². The van der Waals surface area contributed by atoms with Gasteiger partial charge >= 0.3 is 0 Å². The molecule has 1 fully saturated rings. The molecule has 5 nitrogen and oxygen atoms in total. The smallest absolute Gasteiger partial charge is 0.137 e. The fourth-order valence-electron chi connectivity index (χ4n) is 3.64. The minimum atomic E-state index is 0.132. The average Bonchev–Trinajstić information content (AvgIpc) is 3.21. The van der Waals surface area contributed by atoms with Gasteiger partial charge in [-0.1, -0.05) is 60.7 Å². The molecule has 0 saturated carbocycles. The molecule has 2 unspecified atom stereocenters. The van der Waals surface area contributed by atoms with Crippen LogP contribution in [-0.2, 0) is 17.7 Å². The summed E-state index contributed by atoms with van der Waals surface area (Å²) in [6.07, 6.45) is 4.46. The van der Waals surface area contributed by atoms with Gasteiger partial charge in [-0.15, -0.1) is 0 Å². The lowest BCUT2D eigenvalue weighted by atomic mass is 9.96. The third-order valence-electron chi connectivity index (χ3n) is 4.92. The van der Waals surface area contributed by atoms with Crippen LogP contribution >= 0.6 is 0 Å². The second kappa shape index (κ2) is 8.25. The van der Waals surface area contributed by atoms with E-state index in [0.29, 0.717) is 6.04 Å². The van der Waals surface area contributed by atoms with Crippen LogP contribution < -0.4 is 0 Å². The Morgan fingerprint density at radius 2 is 1.81 bits per heavy atom. The first-order chi connectivity index (χ1) is 12.9. The van der Waals surface area contributed by atoms with Gasteiger partial charge in [0.25, 0.3) is 0 Å². The molecular weight excluding hydrogens is 324 g/mol. The van der Waals surface area contributed by atoms with E-state index in [2.05, 4.69) is 75.6 Å². The Labute approximate surface area is 154 Å². The highest BCUT2D eigenvalue weighted by atomic mass is 16.5. The molecule has 1 aliphatic rings. The summed E-state index contributed by atoms with van der Waals surface area (Å²) < 4.78 is 7.84. The number of rotatable bonds is 6. The molecule has 1 aromatic heterocycles. The van der Waals surface area contributed by atoms with Crippen LogP contribution in [0.1, 0.15) is 17.2 Å². The molecule has 26 heavy (non-hydrogen) atoms. The highest BCUT2D eigenvalue weighted by Crippen LogP contribution is 2.27. The lowest BCUT2D eigenvalue weighted by Crippen LogP contribution is -2.46. The van der Waals surface area contributed by atoms with E-state index in [0.717, 1.165) is 32.7 Å². The first-order valence-corrected chi connectivity index (χ1v) is 9.15. The van der Waals surface area contributed by atoms with Gasteiger partial charge in [-0.25, -0.2) is 4.98 Å². The predicted molar refractivity (Wildman–Crippen MR) is 101 cm³/mol. The molecule has 1 aliphatic heterocycles. The van der Waals surface area contributed by atoms with Gasteiger partial charge in [-0.05, 0) is 17.5 Å². The molecule has 0 spiro atoms. The van der Waals surface area contributed by atoms with Crippen molar-refractivity contribution in [2.45, 2.75) is 25.1 Å². The van der Waals surface area contributed by atoms with E-state index in [1.807, 2.05) is 4.68 Å². The third kappa shape index (κ3) is 4.18. The average molecular weight is 348 g/mol. The molecule has 0 N–H and O–H groups in total. The summed E-state index contributed by atoms with van der Waals surface area (Å²) in [4.78, 5) is 6.58. The van der Waals surface area contributed by atoms with Crippen molar-refractivity contribution < 1.29 is 4.74 Å². The first-order valence-electron chi connectivity index (χ1n) is 9.15. The van der Waals surface area contributed by atoms with Gasteiger partial charge in [0, 0.05) is 19.1 Å². The van der Waals surface area contributed by atoms with Gasteiger partial charge in [0.2, 0.25) is 0 Å². The lowest BCUT2D eigenvalue weighted by molar-refractivity contribution is -0.0520. The summed E-state index contributed by atoms with van der Waals surface area (Å²) in [7, 11) is 0. The second-order valence-electron chi connectivity index (χ2n) is 6.72. The molecule has 3 aromatic rings. The van der Waals surface area contributed by atoms with Crippen LogP contribution in [0.2, 0.25) is 0 Å². The largest absolute Gasteiger partial charge is 0.374 e. The molecule has 0 aliphatic carbocycles. The van der Waals surface area contributed by atoms with Crippen molar-refractivity contribution in [3.05, 3.63) is 84.4 Å². The first kappa shape index (κ1) is 16.9. The molecule has 1 saturated heterocycles. The van der Waals surface area contributed by atoms with Crippen molar-refractivity contribution in [3.63, 3.8) is 0 Å². The van der Waals surface area contributed by atoms with Crippen LogP contribution in [0.25, 0.3) is 0 Å². The lowest BCUT2D eigenvalue weighted by Gasteiger charge is -2.38. The summed E-state index contributed by atoms with van der Waals surface area (Å²) >= 11 is 0. The molecule has 2 heterocycles. The summed E-state index contributed by atoms with van der Waals surface area (Å²) in [6.45, 7) is 3.33. The van der Waals surface area contributed by atoms with Crippen molar-refractivity contribution in [1.82, 2.24) is 19.7 Å². The maximum Gasteiger partial charge on any atom is 0.137 e. The predicted octanol–water partition coefficient (Wildman–Crippen LogP) is 2.96. The zero-order valence-corrected chi connectivity index (χ0v) is 14.8. The molecule has 5 heteroatoms. The standard InChI is InChI=1S/C21H24N4O/c1-3-7-18(8-4-1)13-21(19-9-5-2-6-10-19)24-11-12-26-20(14-24)15-25-17-22-16-23-25/h1-10,16-17,20-21H,11-15H2. The highest BCUT2D eigenvalue weighted by molar-refractivity contribution is 5.24. The van der Waals surface area contributed by atoms with E-state index in [-0.39, 0.29) is 6.10 Å². The van der Waals surface area contributed by atoms with Crippen LogP contribution in [0.4, 0.5) is 0 Å². The highest BCUT2D eigenvalue weighted by Gasteiger charge is 2.28. The zero-order chi connectivity index (χ0) is 17.6. The van der Waals surface area contributed by atoms with Crippen LogP contribution in [0.15, 0.2) is 73.3 Å². The minimum absolute atomic E-state index is 0.132. The van der Waals surface area contributed by atoms with Crippen LogP contribution in [0.5, 0.6) is 0 Å². The fourth-order valence-corrected chi connectivity index (χ4v) is 3.64. The Kier molecular flexibility index (Phi) is 5.38. The van der Waals surface area contributed by atoms with Crippen LogP contribution in [0, 0.1) is 0 Å². The normalized spacial score (nSPS) is 19.3. The van der Waals surface area contributed by atoms with Gasteiger partial charge in [0.15, 0.2) is 0 Å². The van der Waals surface area contributed by atoms with Crippen molar-refractivity contribution in [2.24, 2.45) is 0 Å². The number of benzene rings is 2. The molecule has 4 rings (SSSR count). The number of ether oxygens (including phenoxy) is 1. The summed E-state index contributed by atoms with van der Waals surface area (Å²) in [5.74, 6) is 0. The maximum atomic E-state index is 5.99. The fraction of sp³-hybridized carbons (Fsp3) is 0.333. The van der Waals surface area contributed by atoms with Crippen molar-refractivity contribution in [1.29, 1.82) is 0 Å². The van der Waals surface area contributed by atoms with E-state index in [4.69, 9.17) is 4.74 Å². The maximum absolute atomic E-state index is 5.99. The molecule has 2 aromatic carbocycles. The van der Waals surface area contributed by atoms with Gasteiger partial charge in [0.1, 0.15) is 12.7 Å². The Balaban J connectivity index is 1.52. The number of hydrogen-bond acceptors (Lipinski definition) is 4.